The van der Waals surface area contributed by atoms with Crippen LogP contribution in [0.25, 0.3) is 0 Å². The Morgan fingerprint density at radius 2 is 1.83 bits per heavy atom. The minimum atomic E-state index is 0.0284. The van der Waals surface area contributed by atoms with E-state index in [2.05, 4.69) is 22.9 Å². The number of piperazine rings is 1. The van der Waals surface area contributed by atoms with Gasteiger partial charge >= 0.3 is 0 Å². The summed E-state index contributed by atoms with van der Waals surface area (Å²) in [5.41, 5.74) is 2.97. The van der Waals surface area contributed by atoms with E-state index in [1.807, 2.05) is 42.3 Å². The Labute approximate surface area is 142 Å². The molecule has 5 heteroatoms. The Hall–Kier alpha value is -2.56. The Morgan fingerprint density at radius 1 is 1.12 bits per heavy atom. The van der Waals surface area contributed by atoms with Crippen LogP contribution in [0.4, 0.5) is 5.82 Å². The largest absolute Gasteiger partial charge is 0.496 e. The molecule has 1 fully saturated rings. The Balaban J connectivity index is 1.69. The lowest BCUT2D eigenvalue weighted by Gasteiger charge is -2.36. The van der Waals surface area contributed by atoms with Crippen LogP contribution in [0.2, 0.25) is 0 Å². The van der Waals surface area contributed by atoms with E-state index in [-0.39, 0.29) is 5.91 Å². The number of aryl methyl sites for hydroxylation is 2. The van der Waals surface area contributed by atoms with Crippen LogP contribution in [0, 0.1) is 13.8 Å². The number of pyridine rings is 1. The third-order valence-electron chi connectivity index (χ3n) is 4.39. The molecule has 0 unspecified atom stereocenters. The summed E-state index contributed by atoms with van der Waals surface area (Å²) >= 11 is 0. The summed E-state index contributed by atoms with van der Waals surface area (Å²) in [5.74, 6) is 1.67. The highest BCUT2D eigenvalue weighted by Gasteiger charge is 2.25. The molecule has 0 N–H and O–H groups in total. The number of methoxy groups -OCH3 is 1. The smallest absolute Gasteiger partial charge is 0.257 e. The zero-order valence-corrected chi connectivity index (χ0v) is 14.5. The predicted octanol–water partition coefficient (Wildman–Crippen LogP) is 2.67. The minimum absolute atomic E-state index is 0.0284. The van der Waals surface area contributed by atoms with Crippen LogP contribution in [0.15, 0.2) is 36.5 Å². The molecule has 1 saturated heterocycles. The number of rotatable bonds is 3. The average Bonchev–Trinajstić information content (AvgIpc) is 2.61. The Morgan fingerprint density at radius 3 is 2.50 bits per heavy atom. The van der Waals surface area contributed by atoms with Gasteiger partial charge in [-0.2, -0.15) is 0 Å². The standard InChI is InChI=1S/C19H23N3O2/c1-14-12-15(2)18(20-13-14)21-8-10-22(11-9-21)19(23)16-6-4-5-7-17(16)24-3/h4-7,12-13H,8-11H2,1-3H3. The molecule has 126 valence electrons. The van der Waals surface area contributed by atoms with Crippen LogP contribution in [-0.2, 0) is 0 Å². The lowest BCUT2D eigenvalue weighted by atomic mass is 10.1. The molecular weight excluding hydrogens is 302 g/mol. The zero-order valence-electron chi connectivity index (χ0n) is 14.5. The number of anilines is 1. The second-order valence-electron chi connectivity index (χ2n) is 6.13. The number of aromatic nitrogens is 1. The Bertz CT molecular complexity index is 737. The molecule has 1 aliphatic rings. The van der Waals surface area contributed by atoms with Crippen LogP contribution in [0.1, 0.15) is 21.5 Å². The molecule has 1 aromatic heterocycles. The first kappa shape index (κ1) is 16.3. The SMILES string of the molecule is COc1ccccc1C(=O)N1CCN(c2ncc(C)cc2C)CC1. The second kappa shape index (κ2) is 6.91. The van der Waals surface area contributed by atoms with Gasteiger partial charge < -0.3 is 14.5 Å². The van der Waals surface area contributed by atoms with Crippen LogP contribution in [-0.4, -0.2) is 49.1 Å². The summed E-state index contributed by atoms with van der Waals surface area (Å²) in [5, 5.41) is 0. The zero-order chi connectivity index (χ0) is 17.1. The van der Waals surface area contributed by atoms with Crippen LogP contribution in [0.5, 0.6) is 5.75 Å². The number of hydrogen-bond donors (Lipinski definition) is 0. The first-order valence-corrected chi connectivity index (χ1v) is 8.20. The summed E-state index contributed by atoms with van der Waals surface area (Å²) in [6.07, 6.45) is 1.90. The monoisotopic (exact) mass is 325 g/mol. The number of benzene rings is 1. The molecule has 0 radical (unpaired) electrons. The van der Waals surface area contributed by atoms with E-state index in [1.54, 1.807) is 7.11 Å². The third kappa shape index (κ3) is 3.20. The normalized spacial score (nSPS) is 14.6. The summed E-state index contributed by atoms with van der Waals surface area (Å²) in [6.45, 7) is 7.09. The van der Waals surface area contributed by atoms with Gasteiger partial charge in [-0.1, -0.05) is 18.2 Å². The van der Waals surface area contributed by atoms with Gasteiger partial charge in [-0.15, -0.1) is 0 Å². The van der Waals surface area contributed by atoms with E-state index < -0.39 is 0 Å². The van der Waals surface area contributed by atoms with Crippen molar-refractivity contribution in [3.63, 3.8) is 0 Å². The minimum Gasteiger partial charge on any atom is -0.496 e. The molecule has 0 saturated carbocycles. The molecule has 0 atom stereocenters. The van der Waals surface area contributed by atoms with Crippen molar-refractivity contribution in [3.05, 3.63) is 53.2 Å². The summed E-state index contributed by atoms with van der Waals surface area (Å²) in [7, 11) is 1.59. The summed E-state index contributed by atoms with van der Waals surface area (Å²) in [4.78, 5) is 21.4. The quantitative estimate of drug-likeness (QED) is 0.870. The molecule has 0 spiro atoms. The van der Waals surface area contributed by atoms with Crippen molar-refractivity contribution in [1.29, 1.82) is 0 Å². The molecule has 2 heterocycles. The van der Waals surface area contributed by atoms with Crippen molar-refractivity contribution < 1.29 is 9.53 Å². The lowest BCUT2D eigenvalue weighted by molar-refractivity contribution is 0.0743. The first-order chi connectivity index (χ1) is 11.6. The number of ether oxygens (including phenoxy) is 1. The highest BCUT2D eigenvalue weighted by molar-refractivity contribution is 5.97. The highest BCUT2D eigenvalue weighted by atomic mass is 16.5. The fraction of sp³-hybridized carbons (Fsp3) is 0.368. The van der Waals surface area contributed by atoms with Gasteiger partial charge in [0.15, 0.2) is 0 Å². The maximum atomic E-state index is 12.7. The molecule has 24 heavy (non-hydrogen) atoms. The van der Waals surface area contributed by atoms with E-state index in [0.717, 1.165) is 18.9 Å². The predicted molar refractivity (Wildman–Crippen MR) is 94.8 cm³/mol. The van der Waals surface area contributed by atoms with Gasteiger partial charge in [0.1, 0.15) is 11.6 Å². The van der Waals surface area contributed by atoms with Gasteiger partial charge in [0, 0.05) is 32.4 Å². The summed E-state index contributed by atoms with van der Waals surface area (Å²) < 4.78 is 5.31. The highest BCUT2D eigenvalue weighted by Crippen LogP contribution is 2.22. The van der Waals surface area contributed by atoms with Gasteiger partial charge in [0.05, 0.1) is 12.7 Å². The van der Waals surface area contributed by atoms with Crippen molar-refractivity contribution in [3.8, 4) is 5.75 Å². The van der Waals surface area contributed by atoms with Crippen molar-refractivity contribution in [1.82, 2.24) is 9.88 Å². The fourth-order valence-electron chi connectivity index (χ4n) is 3.15. The molecule has 0 bridgehead atoms. The van der Waals surface area contributed by atoms with E-state index >= 15 is 0 Å². The molecule has 1 amide bonds. The molecule has 3 rings (SSSR count). The number of para-hydroxylation sites is 1. The summed E-state index contributed by atoms with van der Waals surface area (Å²) in [6, 6.07) is 9.53. The van der Waals surface area contributed by atoms with Gasteiger partial charge in [-0.3, -0.25) is 4.79 Å². The molecule has 2 aromatic rings. The second-order valence-corrected chi connectivity index (χ2v) is 6.13. The van der Waals surface area contributed by atoms with Crippen molar-refractivity contribution in [2.75, 3.05) is 38.2 Å². The third-order valence-corrected chi connectivity index (χ3v) is 4.39. The van der Waals surface area contributed by atoms with Gasteiger partial charge in [-0.05, 0) is 37.1 Å². The van der Waals surface area contributed by atoms with Gasteiger partial charge in [-0.25, -0.2) is 4.98 Å². The average molecular weight is 325 g/mol. The van der Waals surface area contributed by atoms with Crippen molar-refractivity contribution in [2.24, 2.45) is 0 Å². The number of amides is 1. The van der Waals surface area contributed by atoms with Gasteiger partial charge in [0.25, 0.3) is 5.91 Å². The molecule has 5 nitrogen and oxygen atoms in total. The molecular formula is C19H23N3O2. The Kier molecular flexibility index (Phi) is 4.69. The number of nitrogens with zero attached hydrogens (tertiary/aromatic N) is 3. The van der Waals surface area contributed by atoms with E-state index in [1.165, 1.54) is 11.1 Å². The molecule has 1 aliphatic heterocycles. The number of carbonyl (C=O) groups excluding carboxylic acids is 1. The van der Waals surface area contributed by atoms with Crippen LogP contribution in [0.3, 0.4) is 0 Å². The maximum Gasteiger partial charge on any atom is 0.257 e. The van der Waals surface area contributed by atoms with E-state index in [9.17, 15) is 4.79 Å². The lowest BCUT2D eigenvalue weighted by Crippen LogP contribution is -2.49. The number of hydrogen-bond acceptors (Lipinski definition) is 4. The van der Waals surface area contributed by atoms with Crippen LogP contribution >= 0.6 is 0 Å². The van der Waals surface area contributed by atoms with E-state index in [4.69, 9.17) is 4.74 Å². The molecule has 0 aliphatic carbocycles. The molecule has 1 aromatic carbocycles. The fourth-order valence-corrected chi connectivity index (χ4v) is 3.15. The van der Waals surface area contributed by atoms with Crippen molar-refractivity contribution in [2.45, 2.75) is 13.8 Å². The van der Waals surface area contributed by atoms with Crippen molar-refractivity contribution >= 4 is 11.7 Å². The van der Waals surface area contributed by atoms with E-state index in [0.29, 0.717) is 24.4 Å². The van der Waals surface area contributed by atoms with Crippen LogP contribution < -0.4 is 9.64 Å². The maximum absolute atomic E-state index is 12.7. The topological polar surface area (TPSA) is 45.7 Å². The van der Waals surface area contributed by atoms with Gasteiger partial charge in [0.2, 0.25) is 0 Å². The first-order valence-electron chi connectivity index (χ1n) is 8.20. The number of carbonyl (C=O) groups is 1.